The zero-order valence-electron chi connectivity index (χ0n) is 16.7. The summed E-state index contributed by atoms with van der Waals surface area (Å²) in [7, 11) is -1.20. The van der Waals surface area contributed by atoms with E-state index >= 15 is 0 Å². The molecule has 1 aromatic heterocycles. The van der Waals surface area contributed by atoms with E-state index in [1.165, 1.54) is 13.3 Å². The molecule has 0 bridgehead atoms. The molecule has 3 aromatic rings. The molecule has 4 N–H and O–H groups in total. The number of aryl methyl sites for hydroxylation is 1. The van der Waals surface area contributed by atoms with Crippen molar-refractivity contribution in [3.63, 3.8) is 0 Å². The summed E-state index contributed by atoms with van der Waals surface area (Å²) in [6.45, 7) is 3.78. The van der Waals surface area contributed by atoms with Crippen molar-refractivity contribution >= 4 is 32.5 Å². The molecule has 0 aliphatic heterocycles. The highest BCUT2D eigenvalue weighted by atomic mass is 32.2. The van der Waals surface area contributed by atoms with Crippen molar-refractivity contribution in [3.8, 4) is 0 Å². The van der Waals surface area contributed by atoms with Crippen LogP contribution in [0.5, 0.6) is 0 Å². The molecule has 8 nitrogen and oxygen atoms in total. The van der Waals surface area contributed by atoms with Gasteiger partial charge in [0.25, 0.3) is 10.9 Å². The molecule has 0 aliphatic carbocycles. The minimum atomic E-state index is -2.66. The van der Waals surface area contributed by atoms with Crippen molar-refractivity contribution < 1.29 is 8.63 Å². The molecule has 1 heterocycles. The third-order valence-corrected chi connectivity index (χ3v) is 6.69. The Bertz CT molecular complexity index is 1240. The average Bonchev–Trinajstić information content (AvgIpc) is 3.14. The predicted octanol–water partition coefficient (Wildman–Crippen LogP) is 3.16. The average molecular weight is 417 g/mol. The van der Waals surface area contributed by atoms with Crippen LogP contribution in [-0.4, -0.2) is 17.5 Å². The minimum Gasteiger partial charge on any atom is -0.464 e. The van der Waals surface area contributed by atoms with E-state index < -0.39 is 20.6 Å². The minimum absolute atomic E-state index is 0.122. The largest absolute Gasteiger partial charge is 0.464 e. The standard InChI is InChI=1S/C20H24N4O4S/c1-5-12(14-10-9-11(2)28-14)23-17-18(20(26)19(17)25)24-13-7-6-8-15(16(13)21)29(4,27)22-3/h6-10,12,23-24H,5,21H2,1-4H3/t12-,29?/m1/s1. The quantitative estimate of drug-likeness (QED) is 0.399. The number of para-hydroxylation sites is 1. The molecule has 2 aromatic carbocycles. The van der Waals surface area contributed by atoms with E-state index in [0.29, 0.717) is 22.8 Å². The van der Waals surface area contributed by atoms with E-state index in [-0.39, 0.29) is 23.1 Å². The Morgan fingerprint density at radius 1 is 1.17 bits per heavy atom. The topological polar surface area (TPSA) is 127 Å². The zero-order chi connectivity index (χ0) is 21.3. The first-order chi connectivity index (χ1) is 13.7. The molecule has 9 heteroatoms. The zero-order valence-corrected chi connectivity index (χ0v) is 17.6. The van der Waals surface area contributed by atoms with Crippen molar-refractivity contribution in [2.75, 3.05) is 29.7 Å². The second-order valence-electron chi connectivity index (χ2n) is 6.79. The van der Waals surface area contributed by atoms with E-state index in [2.05, 4.69) is 15.0 Å². The number of nitrogens with one attached hydrogen (secondary N) is 2. The summed E-state index contributed by atoms with van der Waals surface area (Å²) in [5.74, 6) is 1.44. The van der Waals surface area contributed by atoms with Gasteiger partial charge in [-0.05, 0) is 37.6 Å². The molecule has 154 valence electrons. The fourth-order valence-electron chi connectivity index (χ4n) is 3.05. The summed E-state index contributed by atoms with van der Waals surface area (Å²) in [5, 5.41) is 6.02. The van der Waals surface area contributed by atoms with Gasteiger partial charge >= 0.3 is 0 Å². The Balaban J connectivity index is 1.94. The van der Waals surface area contributed by atoms with Gasteiger partial charge < -0.3 is 20.8 Å². The summed E-state index contributed by atoms with van der Waals surface area (Å²) in [6, 6.07) is 8.37. The van der Waals surface area contributed by atoms with Crippen LogP contribution in [0.4, 0.5) is 22.7 Å². The monoisotopic (exact) mass is 416 g/mol. The number of nitrogens with two attached hydrogens (primary N) is 1. The molecule has 0 aliphatic rings. The van der Waals surface area contributed by atoms with Crippen LogP contribution in [0.3, 0.4) is 0 Å². The van der Waals surface area contributed by atoms with E-state index in [1.807, 2.05) is 26.0 Å². The number of hydrogen-bond acceptors (Lipinski definition) is 8. The van der Waals surface area contributed by atoms with Gasteiger partial charge in [-0.3, -0.25) is 9.59 Å². The maximum atomic E-state index is 12.6. The van der Waals surface area contributed by atoms with Crippen molar-refractivity contribution in [2.45, 2.75) is 31.2 Å². The maximum absolute atomic E-state index is 12.6. The van der Waals surface area contributed by atoms with Gasteiger partial charge in [0.05, 0.1) is 32.0 Å². The van der Waals surface area contributed by atoms with Gasteiger partial charge in [0, 0.05) is 13.3 Å². The summed E-state index contributed by atoms with van der Waals surface area (Å²) >= 11 is 0. The first kappa shape index (κ1) is 20.7. The fourth-order valence-corrected chi connectivity index (χ4v) is 4.10. The summed E-state index contributed by atoms with van der Waals surface area (Å²) in [4.78, 5) is 24.7. The maximum Gasteiger partial charge on any atom is 0.253 e. The number of nitrogens with zero attached hydrogens (tertiary/aromatic N) is 1. The molecule has 0 fully saturated rings. The van der Waals surface area contributed by atoms with Gasteiger partial charge in [-0.25, -0.2) is 8.57 Å². The number of anilines is 4. The highest BCUT2D eigenvalue weighted by Gasteiger charge is 2.25. The molecule has 0 saturated heterocycles. The molecule has 0 saturated carbocycles. The molecular formula is C20H24N4O4S. The third kappa shape index (κ3) is 3.77. The fraction of sp³-hybridized carbons (Fsp3) is 0.300. The van der Waals surface area contributed by atoms with E-state index in [4.69, 9.17) is 10.2 Å². The summed E-state index contributed by atoms with van der Waals surface area (Å²) in [5.41, 5.74) is 5.83. The number of rotatable bonds is 7. The van der Waals surface area contributed by atoms with Crippen LogP contribution in [0.2, 0.25) is 0 Å². The van der Waals surface area contributed by atoms with Crippen molar-refractivity contribution in [1.82, 2.24) is 0 Å². The molecule has 1 unspecified atom stereocenters. The molecule has 0 amide bonds. The van der Waals surface area contributed by atoms with Gasteiger partial charge in [-0.2, -0.15) is 0 Å². The molecule has 3 rings (SSSR count). The van der Waals surface area contributed by atoms with Crippen molar-refractivity contribution in [1.29, 1.82) is 0 Å². The number of benzene rings is 1. The second kappa shape index (κ2) is 7.75. The first-order valence-electron chi connectivity index (χ1n) is 9.11. The number of nitrogen functional groups attached to an aromatic ring is 1. The van der Waals surface area contributed by atoms with Gasteiger partial charge in [-0.15, -0.1) is 0 Å². The lowest BCUT2D eigenvalue weighted by atomic mass is 10.1. The van der Waals surface area contributed by atoms with Gasteiger partial charge in [0.2, 0.25) is 0 Å². The van der Waals surface area contributed by atoms with Crippen LogP contribution in [0.15, 0.2) is 53.6 Å². The summed E-state index contributed by atoms with van der Waals surface area (Å²) < 4.78 is 22.1. The van der Waals surface area contributed by atoms with Crippen LogP contribution in [0.25, 0.3) is 0 Å². The highest BCUT2D eigenvalue weighted by molar-refractivity contribution is 7.93. The highest BCUT2D eigenvalue weighted by Crippen LogP contribution is 2.32. The predicted molar refractivity (Wildman–Crippen MR) is 116 cm³/mol. The first-order valence-corrected chi connectivity index (χ1v) is 11.0. The lowest BCUT2D eigenvalue weighted by Gasteiger charge is -2.21. The molecule has 2 atom stereocenters. The van der Waals surface area contributed by atoms with E-state index in [9.17, 15) is 13.8 Å². The molecule has 29 heavy (non-hydrogen) atoms. The second-order valence-corrected chi connectivity index (χ2v) is 9.20. The van der Waals surface area contributed by atoms with Gasteiger partial charge in [0.1, 0.15) is 22.9 Å². The van der Waals surface area contributed by atoms with Crippen LogP contribution in [0, 0.1) is 6.92 Å². The van der Waals surface area contributed by atoms with Crippen LogP contribution in [-0.2, 0) is 9.73 Å². The number of hydrogen-bond donors (Lipinski definition) is 3. The third-order valence-electron chi connectivity index (χ3n) is 4.82. The van der Waals surface area contributed by atoms with E-state index in [1.54, 1.807) is 18.2 Å². The summed E-state index contributed by atoms with van der Waals surface area (Å²) in [6.07, 6.45) is 2.14. The normalized spacial score (nSPS) is 14.3. The Labute approximate surface area is 169 Å². The lowest BCUT2D eigenvalue weighted by Crippen LogP contribution is -2.37. The van der Waals surface area contributed by atoms with Crippen LogP contribution >= 0.6 is 0 Å². The van der Waals surface area contributed by atoms with E-state index in [0.717, 1.165) is 5.76 Å². The van der Waals surface area contributed by atoms with Crippen LogP contribution in [0.1, 0.15) is 30.9 Å². The SMILES string of the molecule is CC[C@@H](Nc1c(Nc2cccc(S(C)(=O)=NC)c2N)c(=O)c1=O)c1ccc(C)o1. The smallest absolute Gasteiger partial charge is 0.253 e. The van der Waals surface area contributed by atoms with Gasteiger partial charge in [-0.1, -0.05) is 13.0 Å². The van der Waals surface area contributed by atoms with Crippen molar-refractivity contribution in [3.05, 3.63) is 62.3 Å². The van der Waals surface area contributed by atoms with Gasteiger partial charge in [0.15, 0.2) is 0 Å². The Morgan fingerprint density at radius 3 is 2.45 bits per heavy atom. The van der Waals surface area contributed by atoms with Crippen molar-refractivity contribution in [2.24, 2.45) is 4.36 Å². The molecular weight excluding hydrogens is 392 g/mol. The molecule has 0 spiro atoms. The Hall–Kier alpha value is -3.07. The van der Waals surface area contributed by atoms with Crippen LogP contribution < -0.4 is 27.2 Å². The molecule has 0 radical (unpaired) electrons. The number of furan rings is 1. The Morgan fingerprint density at radius 2 is 1.86 bits per heavy atom. The Kier molecular flexibility index (Phi) is 5.52. The lowest BCUT2D eigenvalue weighted by molar-refractivity contribution is 0.452.